The van der Waals surface area contributed by atoms with Crippen molar-refractivity contribution in [2.24, 2.45) is 0 Å². The lowest BCUT2D eigenvalue weighted by Gasteiger charge is -2.30. The van der Waals surface area contributed by atoms with Gasteiger partial charge in [-0.3, -0.25) is 4.98 Å². The van der Waals surface area contributed by atoms with Gasteiger partial charge in [-0.1, -0.05) is 121 Å². The van der Waals surface area contributed by atoms with Crippen LogP contribution in [0.3, 0.4) is 0 Å². The van der Waals surface area contributed by atoms with E-state index in [0.29, 0.717) is 0 Å². The van der Waals surface area contributed by atoms with Gasteiger partial charge in [-0.25, -0.2) is 0 Å². The van der Waals surface area contributed by atoms with E-state index in [2.05, 4.69) is 186 Å². The Morgan fingerprint density at radius 3 is 2.04 bits per heavy atom. The van der Waals surface area contributed by atoms with Crippen LogP contribution in [0.25, 0.3) is 75.9 Å². The molecule has 2 aliphatic rings. The van der Waals surface area contributed by atoms with Crippen molar-refractivity contribution in [3.8, 4) is 55.8 Å². The molecule has 0 amide bonds. The summed E-state index contributed by atoms with van der Waals surface area (Å²) >= 11 is 1.89. The van der Waals surface area contributed by atoms with E-state index >= 15 is 0 Å². The summed E-state index contributed by atoms with van der Waals surface area (Å²) in [6.45, 7) is 0.739. The van der Waals surface area contributed by atoms with Gasteiger partial charge in [-0.15, -0.1) is 11.3 Å². The molecule has 53 heavy (non-hydrogen) atoms. The largest absolute Gasteiger partial charge is 0.326 e. The molecule has 0 atom stereocenters. The molecule has 248 valence electrons. The van der Waals surface area contributed by atoms with Gasteiger partial charge in [-0.2, -0.15) is 4.58 Å². The maximum Gasteiger partial charge on any atom is 0.235 e. The van der Waals surface area contributed by atoms with Gasteiger partial charge in [0.1, 0.15) is 12.2 Å². The normalized spacial score (nSPS) is 12.9. The molecule has 4 heteroatoms. The van der Waals surface area contributed by atoms with Gasteiger partial charge in [0.05, 0.1) is 5.69 Å². The molecular weight excluding hydrogens is 663 g/mol. The van der Waals surface area contributed by atoms with Crippen LogP contribution < -0.4 is 9.48 Å². The van der Waals surface area contributed by atoms with E-state index in [1.54, 1.807) is 0 Å². The van der Waals surface area contributed by atoms with Crippen LogP contribution in [-0.2, 0) is 0 Å². The number of hydrogen-bond acceptors (Lipinski definition) is 3. The van der Waals surface area contributed by atoms with Crippen molar-refractivity contribution in [1.29, 1.82) is 0 Å². The number of thiophene rings is 1. The predicted octanol–water partition coefficient (Wildman–Crippen LogP) is 13.2. The molecule has 9 aromatic rings. The second kappa shape index (κ2) is 12.0. The second-order valence-electron chi connectivity index (χ2n) is 13.7. The summed E-state index contributed by atoms with van der Waals surface area (Å²) in [5.41, 5.74) is 16.4. The third-order valence-corrected chi connectivity index (χ3v) is 12.0. The van der Waals surface area contributed by atoms with Gasteiger partial charge in [-0.05, 0) is 63.7 Å². The fraction of sp³-hybridized carbons (Fsp3) is 0.0204. The molecule has 7 aromatic carbocycles. The van der Waals surface area contributed by atoms with Crippen LogP contribution in [-0.4, -0.2) is 17.7 Å². The van der Waals surface area contributed by atoms with Crippen LogP contribution >= 0.6 is 11.3 Å². The molecular formula is C49H32N3S+. The number of pyridine rings is 1. The molecule has 3 nitrogen and oxygen atoms in total. The Bertz CT molecular complexity index is 2920. The van der Waals surface area contributed by atoms with Gasteiger partial charge in [0.15, 0.2) is 6.21 Å². The average Bonchev–Trinajstić information content (AvgIpc) is 3.62. The molecule has 0 fully saturated rings. The topological polar surface area (TPSA) is 19.1 Å². The minimum atomic E-state index is 0.739. The second-order valence-corrected chi connectivity index (χ2v) is 14.7. The number of hydrogen-bond donors (Lipinski definition) is 0. The third kappa shape index (κ3) is 4.66. The summed E-state index contributed by atoms with van der Waals surface area (Å²) in [6, 6.07) is 61.9. The molecule has 1 aliphatic carbocycles. The van der Waals surface area contributed by atoms with Gasteiger partial charge in [0, 0.05) is 66.9 Å². The zero-order chi connectivity index (χ0) is 34.9. The quantitative estimate of drug-likeness (QED) is 0.172. The van der Waals surface area contributed by atoms with Crippen LogP contribution in [0.2, 0.25) is 0 Å². The predicted molar refractivity (Wildman–Crippen MR) is 225 cm³/mol. The van der Waals surface area contributed by atoms with Crippen molar-refractivity contribution < 1.29 is 0 Å². The molecule has 11 rings (SSSR count). The van der Waals surface area contributed by atoms with Crippen LogP contribution in [0, 0.1) is 0 Å². The molecule has 0 bridgehead atoms. The van der Waals surface area contributed by atoms with E-state index in [4.69, 9.17) is 4.98 Å². The number of para-hydroxylation sites is 2. The zero-order valence-corrected chi connectivity index (χ0v) is 29.6. The Morgan fingerprint density at radius 2 is 1.17 bits per heavy atom. The highest BCUT2D eigenvalue weighted by Gasteiger charge is 2.33. The Labute approximate surface area is 312 Å². The fourth-order valence-corrected chi connectivity index (χ4v) is 9.70. The highest BCUT2D eigenvalue weighted by atomic mass is 32.1. The summed E-state index contributed by atoms with van der Waals surface area (Å²) in [6.07, 6.45) is 4.24. The molecule has 0 saturated heterocycles. The summed E-state index contributed by atoms with van der Waals surface area (Å²) in [7, 11) is 0. The van der Waals surface area contributed by atoms with E-state index < -0.39 is 0 Å². The van der Waals surface area contributed by atoms with E-state index in [1.807, 2.05) is 17.5 Å². The van der Waals surface area contributed by atoms with Crippen molar-refractivity contribution in [2.45, 2.75) is 0 Å². The first-order chi connectivity index (χ1) is 26.3. The van der Waals surface area contributed by atoms with Crippen molar-refractivity contribution in [2.75, 3.05) is 11.4 Å². The number of anilines is 2. The lowest BCUT2D eigenvalue weighted by Crippen LogP contribution is -2.29. The number of benzene rings is 7. The zero-order valence-electron chi connectivity index (χ0n) is 28.8. The minimum absolute atomic E-state index is 0.739. The standard InChI is InChI=1S/C49H32N3S/c1-3-14-32(15-4-1)51-28-29-52(33-16-5-2-6-17-33)45-31-43-42(30-44(45)51)38-22-11-21-37(41-24-12-23-40-35-19-9-10-26-46(35)53-49(40)41)47(38)36-20-8-7-18-34(36)39-25-13-27-50-48(39)43/h1-28,30-31H,29H2/q+1. The first-order valence-corrected chi connectivity index (χ1v) is 18.9. The fourth-order valence-electron chi connectivity index (χ4n) is 8.47. The maximum atomic E-state index is 5.17. The van der Waals surface area contributed by atoms with Gasteiger partial charge >= 0.3 is 0 Å². The molecule has 0 radical (unpaired) electrons. The number of nitrogens with zero attached hydrogens (tertiary/aromatic N) is 3. The van der Waals surface area contributed by atoms with Crippen LogP contribution in [0.5, 0.6) is 0 Å². The first kappa shape index (κ1) is 30.0. The summed E-state index contributed by atoms with van der Waals surface area (Å²) in [5.74, 6) is 0. The maximum absolute atomic E-state index is 5.17. The van der Waals surface area contributed by atoms with Crippen molar-refractivity contribution in [1.82, 2.24) is 9.56 Å². The van der Waals surface area contributed by atoms with E-state index in [9.17, 15) is 0 Å². The van der Waals surface area contributed by atoms with Crippen molar-refractivity contribution >= 4 is 60.5 Å². The SMILES string of the molecule is C1=[N+](c2ccccc2)c2cc3c(cc2N(c2ccccc2)C1)-c1ncccc1-c1ccccc1-c1c-3cccc1-c1cccc2c1sc1ccccc12. The van der Waals surface area contributed by atoms with Crippen molar-refractivity contribution in [3.63, 3.8) is 0 Å². The average molecular weight is 695 g/mol. The summed E-state index contributed by atoms with van der Waals surface area (Å²) in [4.78, 5) is 7.59. The van der Waals surface area contributed by atoms with Crippen molar-refractivity contribution in [3.05, 3.63) is 176 Å². The number of aromatic nitrogens is 1. The van der Waals surface area contributed by atoms with E-state index in [1.165, 1.54) is 59.1 Å². The minimum Gasteiger partial charge on any atom is -0.326 e. The van der Waals surface area contributed by atoms with Gasteiger partial charge in [0.25, 0.3) is 0 Å². The lowest BCUT2D eigenvalue weighted by atomic mass is 9.79. The van der Waals surface area contributed by atoms with Gasteiger partial charge in [0.2, 0.25) is 11.4 Å². The van der Waals surface area contributed by atoms with Gasteiger partial charge < -0.3 is 4.90 Å². The van der Waals surface area contributed by atoms with E-state index in [-0.39, 0.29) is 0 Å². The Hall–Kier alpha value is -6.62. The first-order valence-electron chi connectivity index (χ1n) is 18.1. The Morgan fingerprint density at radius 1 is 0.509 bits per heavy atom. The smallest absolute Gasteiger partial charge is 0.235 e. The molecule has 2 aromatic heterocycles. The lowest BCUT2D eigenvalue weighted by molar-refractivity contribution is 1.000. The summed E-state index contributed by atoms with van der Waals surface area (Å²) in [5, 5.41) is 2.62. The number of rotatable bonds is 3. The highest BCUT2D eigenvalue weighted by Crippen LogP contribution is 2.54. The molecule has 0 N–H and O–H groups in total. The summed E-state index contributed by atoms with van der Waals surface area (Å²) < 4.78 is 4.99. The molecule has 0 spiro atoms. The highest BCUT2D eigenvalue weighted by molar-refractivity contribution is 7.26. The van der Waals surface area contributed by atoms with Crippen LogP contribution in [0.4, 0.5) is 22.7 Å². The molecule has 0 unspecified atom stereocenters. The number of fused-ring (bicyclic) bond motifs is 12. The van der Waals surface area contributed by atoms with Crippen LogP contribution in [0.1, 0.15) is 0 Å². The Balaban J connectivity index is 1.26. The monoisotopic (exact) mass is 694 g/mol. The third-order valence-electron chi connectivity index (χ3n) is 10.8. The van der Waals surface area contributed by atoms with E-state index in [0.717, 1.165) is 46.1 Å². The molecule has 0 saturated carbocycles. The molecule has 1 aliphatic heterocycles. The molecule has 3 heterocycles. The Kier molecular flexibility index (Phi) is 6.79. The van der Waals surface area contributed by atoms with Crippen LogP contribution in [0.15, 0.2) is 176 Å².